The minimum Gasteiger partial charge on any atom is -0.518 e. The minimum absolute atomic E-state index is 0.128. The second-order valence-electron chi connectivity index (χ2n) is 11.9. The monoisotopic (exact) mass is 556 g/mol. The molecule has 0 aromatic carbocycles. The molecule has 0 bridgehead atoms. The van der Waals surface area contributed by atoms with Gasteiger partial charge in [0.25, 0.3) is 8.32 Å². The molecule has 11 nitrogen and oxygen atoms in total. The van der Waals surface area contributed by atoms with Gasteiger partial charge in [-0.15, -0.1) is 0 Å². The molecule has 0 aromatic rings. The first-order valence-electron chi connectivity index (χ1n) is 13.5. The quantitative estimate of drug-likeness (QED) is 0.265. The van der Waals surface area contributed by atoms with Crippen molar-refractivity contribution in [2.75, 3.05) is 13.1 Å². The molecule has 38 heavy (non-hydrogen) atoms. The molecular formula is C26H48N4O7Si. The number of carbonyl (C=O) groups is 5. The topological polar surface area (TPSA) is 154 Å². The predicted molar refractivity (Wildman–Crippen MR) is 146 cm³/mol. The van der Waals surface area contributed by atoms with E-state index in [0.29, 0.717) is 25.8 Å². The van der Waals surface area contributed by atoms with Crippen molar-refractivity contribution in [1.29, 1.82) is 0 Å². The molecule has 1 heterocycles. The molecule has 1 saturated heterocycles. The maximum Gasteiger partial charge on any atom is 0.312 e. The first-order valence-corrected chi connectivity index (χ1v) is 16.4. The van der Waals surface area contributed by atoms with Gasteiger partial charge in [0.05, 0.1) is 12.5 Å². The lowest BCUT2D eigenvalue weighted by Crippen LogP contribution is -2.57. The largest absolute Gasteiger partial charge is 0.518 e. The molecule has 4 amide bonds. The van der Waals surface area contributed by atoms with Crippen LogP contribution in [0.5, 0.6) is 0 Å². The lowest BCUT2D eigenvalue weighted by atomic mass is 9.97. The molecule has 12 heteroatoms. The number of nitrogens with zero attached hydrogens (tertiary/aromatic N) is 1. The van der Waals surface area contributed by atoms with E-state index in [4.69, 9.17) is 4.43 Å². The fourth-order valence-electron chi connectivity index (χ4n) is 3.88. The Morgan fingerprint density at radius 2 is 1.68 bits per heavy atom. The number of hydrogen-bond acceptors (Lipinski definition) is 7. The predicted octanol–water partition coefficient (Wildman–Crippen LogP) is 1.45. The Bertz CT molecular complexity index is 872. The van der Waals surface area contributed by atoms with Gasteiger partial charge in [0, 0.05) is 6.54 Å². The van der Waals surface area contributed by atoms with Crippen molar-refractivity contribution in [3.63, 3.8) is 0 Å². The number of carbonyl (C=O) groups excluding carboxylic acids is 5. The van der Waals surface area contributed by atoms with E-state index in [1.54, 1.807) is 0 Å². The van der Waals surface area contributed by atoms with E-state index in [2.05, 4.69) is 16.0 Å². The van der Waals surface area contributed by atoms with Crippen LogP contribution in [0.2, 0.25) is 18.1 Å². The molecule has 5 atom stereocenters. The number of amides is 4. The molecule has 218 valence electrons. The summed E-state index contributed by atoms with van der Waals surface area (Å²) in [6.45, 7) is 16.7. The van der Waals surface area contributed by atoms with Crippen molar-refractivity contribution < 1.29 is 33.5 Å². The highest BCUT2D eigenvalue weighted by molar-refractivity contribution is 6.75. The van der Waals surface area contributed by atoms with E-state index in [0.717, 1.165) is 0 Å². The number of nitrogens with one attached hydrogen (secondary N) is 3. The van der Waals surface area contributed by atoms with Gasteiger partial charge in [-0.1, -0.05) is 41.0 Å². The summed E-state index contributed by atoms with van der Waals surface area (Å²) >= 11 is 0. The zero-order chi connectivity index (χ0) is 29.4. The summed E-state index contributed by atoms with van der Waals surface area (Å²) in [5, 5.41) is 17.2. The second kappa shape index (κ2) is 14.1. The fraction of sp³-hybridized carbons (Fsp3) is 0.808. The Morgan fingerprint density at radius 3 is 2.21 bits per heavy atom. The first-order chi connectivity index (χ1) is 17.4. The number of aliphatic hydroxyl groups excluding tert-OH is 1. The van der Waals surface area contributed by atoms with Crippen LogP contribution in [0.3, 0.4) is 0 Å². The van der Waals surface area contributed by atoms with Crippen LogP contribution in [0, 0.1) is 5.92 Å². The Labute approximate surface area is 227 Å². The van der Waals surface area contributed by atoms with Gasteiger partial charge >= 0.3 is 5.97 Å². The SMILES string of the molecule is CC[C@H](C)[C@H](NC(=O)[C@@H]1CCCN1C(=O)[C@H](C)NC(=O)CC(C)O)C(=O)NCC(=O)O[Si](C)(C)C(C)(C)C. The standard InChI is InChI=1S/C26H48N4O7Si/c1-10-16(2)22(24(35)27-15-21(33)37-38(8,9)26(5,6)7)29-23(34)19-12-11-13-30(19)25(36)18(4)28-20(32)14-17(3)31/h16-19,22,31H,10-15H2,1-9H3,(H,27,35)(H,28,32)(H,29,34)/t16-,17?,18-,19-,22-/m0/s1. The highest BCUT2D eigenvalue weighted by Crippen LogP contribution is 2.36. The maximum atomic E-state index is 13.2. The summed E-state index contributed by atoms with van der Waals surface area (Å²) in [6, 6.07) is -2.54. The van der Waals surface area contributed by atoms with Gasteiger partial charge in [-0.3, -0.25) is 24.0 Å². The van der Waals surface area contributed by atoms with E-state index in [1.807, 2.05) is 47.7 Å². The molecule has 1 rings (SSSR count). The van der Waals surface area contributed by atoms with Crippen LogP contribution in [0.4, 0.5) is 0 Å². The normalized spacial score (nSPS) is 19.1. The highest BCUT2D eigenvalue weighted by atomic mass is 28.4. The van der Waals surface area contributed by atoms with E-state index in [1.165, 1.54) is 18.7 Å². The van der Waals surface area contributed by atoms with Gasteiger partial charge < -0.3 is 30.4 Å². The third kappa shape index (κ3) is 9.68. The van der Waals surface area contributed by atoms with Crippen LogP contribution in [-0.2, 0) is 28.4 Å². The molecule has 0 radical (unpaired) electrons. The summed E-state index contributed by atoms with van der Waals surface area (Å²) in [7, 11) is -2.33. The zero-order valence-electron chi connectivity index (χ0n) is 24.5. The molecule has 4 N–H and O–H groups in total. The van der Waals surface area contributed by atoms with Gasteiger partial charge in [0.2, 0.25) is 23.6 Å². The summed E-state index contributed by atoms with van der Waals surface area (Å²) in [5.41, 5.74) is 0. The summed E-state index contributed by atoms with van der Waals surface area (Å²) in [4.78, 5) is 65.1. The van der Waals surface area contributed by atoms with Crippen LogP contribution in [0.1, 0.15) is 74.1 Å². The zero-order valence-corrected chi connectivity index (χ0v) is 25.5. The molecule has 0 aliphatic carbocycles. The molecule has 0 spiro atoms. The number of hydrogen-bond donors (Lipinski definition) is 4. The molecule has 0 saturated carbocycles. The first kappa shape index (κ1) is 33.6. The Kier molecular flexibility index (Phi) is 12.4. The lowest BCUT2D eigenvalue weighted by molar-refractivity contribution is -0.142. The van der Waals surface area contributed by atoms with Crippen molar-refractivity contribution in [2.24, 2.45) is 5.92 Å². The van der Waals surface area contributed by atoms with Crippen LogP contribution in [0.25, 0.3) is 0 Å². The van der Waals surface area contributed by atoms with Gasteiger partial charge in [0.15, 0.2) is 0 Å². The number of likely N-dealkylation sites (tertiary alicyclic amines) is 1. The van der Waals surface area contributed by atoms with Crippen molar-refractivity contribution in [1.82, 2.24) is 20.9 Å². The summed E-state index contributed by atoms with van der Waals surface area (Å²) in [5.74, 6) is -2.55. The average molecular weight is 557 g/mol. The summed E-state index contributed by atoms with van der Waals surface area (Å²) in [6.07, 6.45) is 0.681. The lowest BCUT2D eigenvalue weighted by Gasteiger charge is -2.35. The molecular weight excluding hydrogens is 508 g/mol. The van der Waals surface area contributed by atoms with Crippen molar-refractivity contribution >= 4 is 37.9 Å². The van der Waals surface area contributed by atoms with Gasteiger partial charge in [-0.05, 0) is 50.7 Å². The Hall–Kier alpha value is -2.47. The van der Waals surface area contributed by atoms with Crippen LogP contribution >= 0.6 is 0 Å². The fourth-order valence-corrected chi connectivity index (χ4v) is 4.82. The highest BCUT2D eigenvalue weighted by Gasteiger charge is 2.41. The van der Waals surface area contributed by atoms with E-state index in [-0.39, 0.29) is 23.9 Å². The molecule has 1 fully saturated rings. The van der Waals surface area contributed by atoms with Crippen molar-refractivity contribution in [3.8, 4) is 0 Å². The number of rotatable bonds is 12. The van der Waals surface area contributed by atoms with E-state index < -0.39 is 62.1 Å². The third-order valence-electron chi connectivity index (χ3n) is 7.44. The molecule has 0 aromatic heterocycles. The molecule has 1 unspecified atom stereocenters. The average Bonchev–Trinajstić information content (AvgIpc) is 3.28. The maximum absolute atomic E-state index is 13.2. The van der Waals surface area contributed by atoms with Gasteiger partial charge in [-0.2, -0.15) is 0 Å². The second-order valence-corrected chi connectivity index (χ2v) is 16.6. The van der Waals surface area contributed by atoms with E-state index in [9.17, 15) is 29.1 Å². The van der Waals surface area contributed by atoms with Gasteiger partial charge in [0.1, 0.15) is 24.7 Å². The smallest absolute Gasteiger partial charge is 0.312 e. The minimum atomic E-state index is -2.33. The summed E-state index contributed by atoms with van der Waals surface area (Å²) < 4.78 is 5.70. The van der Waals surface area contributed by atoms with Crippen molar-refractivity contribution in [3.05, 3.63) is 0 Å². The third-order valence-corrected chi connectivity index (χ3v) is 11.8. The van der Waals surface area contributed by atoms with Crippen LogP contribution in [-0.4, -0.2) is 85.2 Å². The van der Waals surface area contributed by atoms with Crippen LogP contribution < -0.4 is 16.0 Å². The number of aliphatic hydroxyl groups is 1. The Morgan fingerprint density at radius 1 is 1.08 bits per heavy atom. The van der Waals surface area contributed by atoms with Gasteiger partial charge in [-0.25, -0.2) is 0 Å². The van der Waals surface area contributed by atoms with Crippen LogP contribution in [0.15, 0.2) is 0 Å². The molecule has 1 aliphatic heterocycles. The molecule has 1 aliphatic rings. The Balaban J connectivity index is 2.84. The van der Waals surface area contributed by atoms with E-state index >= 15 is 0 Å². The van der Waals surface area contributed by atoms with Crippen molar-refractivity contribution in [2.45, 2.75) is 117 Å².